The summed E-state index contributed by atoms with van der Waals surface area (Å²) in [4.78, 5) is -0.184. The van der Waals surface area contributed by atoms with Crippen LogP contribution in [0.2, 0.25) is 5.02 Å². The van der Waals surface area contributed by atoms with Gasteiger partial charge in [-0.15, -0.1) is 0 Å². The Labute approximate surface area is 98.5 Å². The third kappa shape index (κ3) is 3.63. The van der Waals surface area contributed by atoms with Crippen molar-refractivity contribution in [3.8, 4) is 0 Å². The molecule has 0 aliphatic rings. The lowest BCUT2D eigenvalue weighted by Gasteiger charge is -2.07. The van der Waals surface area contributed by atoms with Gasteiger partial charge >= 0.3 is 0 Å². The molecule has 9 heteroatoms. The van der Waals surface area contributed by atoms with Crippen LogP contribution in [0.5, 0.6) is 0 Å². The molecule has 0 saturated heterocycles. The van der Waals surface area contributed by atoms with Crippen molar-refractivity contribution in [2.75, 3.05) is 11.0 Å². The monoisotopic (exact) mass is 284 g/mol. The average Bonchev–Trinajstić information content (AvgIpc) is 2.04. The van der Waals surface area contributed by atoms with Crippen LogP contribution in [0.4, 0.5) is 5.69 Å². The molecule has 0 aliphatic carbocycles. The van der Waals surface area contributed by atoms with Gasteiger partial charge in [0.15, 0.2) is 0 Å². The van der Waals surface area contributed by atoms with Crippen molar-refractivity contribution in [2.45, 2.75) is 4.90 Å². The molecule has 0 spiro atoms. The van der Waals surface area contributed by atoms with E-state index in [-0.39, 0.29) is 15.6 Å². The van der Waals surface area contributed by atoms with Gasteiger partial charge in [0.2, 0.25) is 20.0 Å². The van der Waals surface area contributed by atoms with Crippen molar-refractivity contribution in [1.82, 2.24) is 0 Å². The molecule has 0 radical (unpaired) electrons. The molecule has 90 valence electrons. The Hall–Kier alpha value is -0.830. The van der Waals surface area contributed by atoms with Gasteiger partial charge in [-0.25, -0.2) is 22.0 Å². The lowest BCUT2D eigenvalue weighted by atomic mass is 10.3. The van der Waals surface area contributed by atoms with Gasteiger partial charge in [0.25, 0.3) is 0 Å². The third-order valence-corrected chi connectivity index (χ3v) is 3.38. The number of halogens is 1. The van der Waals surface area contributed by atoms with Crippen LogP contribution in [0.1, 0.15) is 0 Å². The molecular weight excluding hydrogens is 276 g/mol. The Balaban J connectivity index is 3.21. The fourth-order valence-electron chi connectivity index (χ4n) is 0.955. The first-order valence-electron chi connectivity index (χ1n) is 3.90. The molecule has 0 atom stereocenters. The highest BCUT2D eigenvalue weighted by Gasteiger charge is 2.12. The lowest BCUT2D eigenvalue weighted by Crippen LogP contribution is -2.13. The van der Waals surface area contributed by atoms with Crippen molar-refractivity contribution in [1.29, 1.82) is 0 Å². The molecular formula is C7H9ClN2O4S2. The highest BCUT2D eigenvalue weighted by atomic mass is 35.5. The van der Waals surface area contributed by atoms with Gasteiger partial charge in [0, 0.05) is 0 Å². The molecule has 3 N–H and O–H groups in total. The van der Waals surface area contributed by atoms with Gasteiger partial charge < -0.3 is 0 Å². The summed E-state index contributed by atoms with van der Waals surface area (Å²) < 4.78 is 45.9. The molecule has 0 unspecified atom stereocenters. The summed E-state index contributed by atoms with van der Waals surface area (Å²) in [6, 6.07) is 3.46. The van der Waals surface area contributed by atoms with Crippen LogP contribution >= 0.6 is 11.6 Å². The maximum absolute atomic E-state index is 11.0. The fourth-order valence-corrected chi connectivity index (χ4v) is 2.42. The number of sulfonamides is 2. The number of nitrogens with two attached hydrogens (primary N) is 1. The number of primary sulfonamides is 1. The summed E-state index contributed by atoms with van der Waals surface area (Å²) in [6.45, 7) is 0. The van der Waals surface area contributed by atoms with E-state index in [1.54, 1.807) is 0 Å². The Morgan fingerprint density at radius 2 is 1.81 bits per heavy atom. The molecule has 1 aromatic rings. The summed E-state index contributed by atoms with van der Waals surface area (Å²) in [7, 11) is -7.31. The molecule has 0 fully saturated rings. The Morgan fingerprint density at radius 1 is 1.25 bits per heavy atom. The van der Waals surface area contributed by atoms with Crippen LogP contribution in [0.15, 0.2) is 23.1 Å². The highest BCUT2D eigenvalue weighted by Crippen LogP contribution is 2.25. The summed E-state index contributed by atoms with van der Waals surface area (Å²) in [5.74, 6) is 0. The minimum Gasteiger partial charge on any atom is -0.282 e. The van der Waals surface area contributed by atoms with Crippen molar-refractivity contribution < 1.29 is 16.8 Å². The molecule has 0 amide bonds. The van der Waals surface area contributed by atoms with Crippen LogP contribution < -0.4 is 9.86 Å². The van der Waals surface area contributed by atoms with Crippen LogP contribution in [0.3, 0.4) is 0 Å². The van der Waals surface area contributed by atoms with Gasteiger partial charge in [-0.2, -0.15) is 0 Å². The molecule has 0 aliphatic heterocycles. The quantitative estimate of drug-likeness (QED) is 0.835. The predicted molar refractivity (Wildman–Crippen MR) is 61.3 cm³/mol. The molecule has 6 nitrogen and oxygen atoms in total. The third-order valence-electron chi connectivity index (χ3n) is 1.56. The summed E-state index contributed by atoms with van der Waals surface area (Å²) in [5.41, 5.74) is 0.0940. The van der Waals surface area contributed by atoms with Gasteiger partial charge in [0.1, 0.15) is 0 Å². The Bertz CT molecular complexity index is 609. The zero-order chi connectivity index (χ0) is 12.6. The van der Waals surface area contributed by atoms with E-state index in [0.717, 1.165) is 18.4 Å². The minimum absolute atomic E-state index is 0.0445. The number of rotatable bonds is 3. The van der Waals surface area contributed by atoms with E-state index in [1.807, 2.05) is 0 Å². The van der Waals surface area contributed by atoms with E-state index in [4.69, 9.17) is 16.7 Å². The van der Waals surface area contributed by atoms with Crippen LogP contribution in [0.25, 0.3) is 0 Å². The number of benzene rings is 1. The van der Waals surface area contributed by atoms with Crippen LogP contribution in [-0.2, 0) is 20.0 Å². The first-order valence-corrected chi connectivity index (χ1v) is 7.71. The zero-order valence-electron chi connectivity index (χ0n) is 8.14. The summed E-state index contributed by atoms with van der Waals surface area (Å²) >= 11 is 5.69. The van der Waals surface area contributed by atoms with Crippen molar-refractivity contribution in [3.05, 3.63) is 23.2 Å². The minimum atomic E-state index is -3.85. The van der Waals surface area contributed by atoms with Gasteiger partial charge in [-0.3, -0.25) is 4.72 Å². The van der Waals surface area contributed by atoms with E-state index in [1.165, 1.54) is 6.07 Å². The molecule has 1 rings (SSSR count). The second-order valence-electron chi connectivity index (χ2n) is 3.06. The maximum atomic E-state index is 11.0. The molecule has 0 heterocycles. The second-order valence-corrected chi connectivity index (χ2v) is 6.78. The number of anilines is 1. The number of nitrogens with one attached hydrogen (secondary N) is 1. The van der Waals surface area contributed by atoms with E-state index in [2.05, 4.69) is 4.72 Å². The van der Waals surface area contributed by atoms with E-state index >= 15 is 0 Å². The van der Waals surface area contributed by atoms with Crippen molar-refractivity contribution in [3.63, 3.8) is 0 Å². The maximum Gasteiger partial charge on any atom is 0.238 e. The molecule has 0 bridgehead atoms. The fraction of sp³-hybridized carbons (Fsp3) is 0.143. The van der Waals surface area contributed by atoms with Gasteiger partial charge in [-0.1, -0.05) is 11.6 Å². The van der Waals surface area contributed by atoms with Gasteiger partial charge in [0.05, 0.1) is 21.9 Å². The van der Waals surface area contributed by atoms with Gasteiger partial charge in [-0.05, 0) is 18.2 Å². The van der Waals surface area contributed by atoms with E-state index < -0.39 is 20.0 Å². The second kappa shape index (κ2) is 4.21. The largest absolute Gasteiger partial charge is 0.282 e. The Kier molecular flexibility index (Phi) is 3.48. The number of hydrogen-bond acceptors (Lipinski definition) is 4. The van der Waals surface area contributed by atoms with E-state index in [0.29, 0.717) is 0 Å². The first-order chi connectivity index (χ1) is 7.09. The topological polar surface area (TPSA) is 106 Å². The molecule has 16 heavy (non-hydrogen) atoms. The average molecular weight is 285 g/mol. The smallest absolute Gasteiger partial charge is 0.238 e. The van der Waals surface area contributed by atoms with Crippen molar-refractivity contribution >= 4 is 37.3 Å². The SMILES string of the molecule is CS(=O)(=O)Nc1ccc(S(N)(=O)=O)cc1Cl. The zero-order valence-corrected chi connectivity index (χ0v) is 10.5. The highest BCUT2D eigenvalue weighted by molar-refractivity contribution is 7.92. The molecule has 1 aromatic carbocycles. The summed E-state index contributed by atoms with van der Waals surface area (Å²) in [5, 5.41) is 4.83. The summed E-state index contributed by atoms with van der Waals surface area (Å²) in [6.07, 6.45) is 0.955. The standard InChI is InChI=1S/C7H9ClN2O4S2/c1-15(11,12)10-7-3-2-5(4-6(7)8)16(9,13)14/h2-4,10H,1H3,(H2,9,13,14). The first kappa shape index (κ1) is 13.2. The lowest BCUT2D eigenvalue weighted by molar-refractivity contribution is 0.597. The predicted octanol–water partition coefficient (Wildman–Crippen LogP) is 0.359. The number of hydrogen-bond donors (Lipinski definition) is 2. The van der Waals surface area contributed by atoms with Crippen molar-refractivity contribution in [2.24, 2.45) is 5.14 Å². The normalized spacial score (nSPS) is 12.4. The van der Waals surface area contributed by atoms with Crippen LogP contribution in [0, 0.1) is 0 Å². The molecule has 0 aromatic heterocycles. The Morgan fingerprint density at radius 3 is 2.19 bits per heavy atom. The van der Waals surface area contributed by atoms with E-state index in [9.17, 15) is 16.8 Å². The van der Waals surface area contributed by atoms with Crippen LogP contribution in [-0.4, -0.2) is 23.1 Å². The molecule has 0 saturated carbocycles.